The fourth-order valence-corrected chi connectivity index (χ4v) is 7.32. The highest BCUT2D eigenvalue weighted by Gasteiger charge is 2.29. The van der Waals surface area contributed by atoms with Gasteiger partial charge in [0.15, 0.2) is 0 Å². The SMILES string of the molecule is O=C(CN(c1ccc(Cl)cc1Cl)S(=O)(=O)c1ccccc1)NCCOc1ccc(S(=O)(=O)N2CCOCC2)cc1. The number of benzene rings is 3. The van der Waals surface area contributed by atoms with Gasteiger partial charge in [-0.3, -0.25) is 9.10 Å². The Hall–Kier alpha value is -2.87. The van der Waals surface area contributed by atoms with E-state index in [4.69, 9.17) is 32.7 Å². The quantitative estimate of drug-likeness (QED) is 0.323. The first-order chi connectivity index (χ1) is 19.1. The fraction of sp³-hybridized carbons (Fsp3) is 0.269. The van der Waals surface area contributed by atoms with E-state index in [2.05, 4.69) is 5.32 Å². The Morgan fingerprint density at radius 3 is 2.25 bits per heavy atom. The Labute approximate surface area is 243 Å². The van der Waals surface area contributed by atoms with Crippen LogP contribution in [0.15, 0.2) is 82.6 Å². The van der Waals surface area contributed by atoms with Crippen LogP contribution in [0.2, 0.25) is 10.0 Å². The van der Waals surface area contributed by atoms with E-state index in [0.29, 0.717) is 37.1 Å². The second-order valence-electron chi connectivity index (χ2n) is 8.61. The number of sulfonamides is 2. The van der Waals surface area contributed by atoms with Gasteiger partial charge in [0.05, 0.1) is 40.3 Å². The predicted molar refractivity (Wildman–Crippen MR) is 152 cm³/mol. The van der Waals surface area contributed by atoms with E-state index in [-0.39, 0.29) is 33.7 Å². The van der Waals surface area contributed by atoms with E-state index in [1.807, 2.05) is 0 Å². The molecule has 1 heterocycles. The minimum absolute atomic E-state index is 0.00349. The molecule has 4 rings (SSSR count). The average molecular weight is 629 g/mol. The number of carbonyl (C=O) groups is 1. The van der Waals surface area contributed by atoms with E-state index >= 15 is 0 Å². The van der Waals surface area contributed by atoms with Crippen molar-refractivity contribution in [2.24, 2.45) is 0 Å². The summed E-state index contributed by atoms with van der Waals surface area (Å²) in [4.78, 5) is 12.9. The number of hydrogen-bond donors (Lipinski definition) is 1. The van der Waals surface area contributed by atoms with Crippen molar-refractivity contribution in [3.63, 3.8) is 0 Å². The van der Waals surface area contributed by atoms with Crippen molar-refractivity contribution in [3.8, 4) is 5.75 Å². The zero-order valence-corrected chi connectivity index (χ0v) is 24.3. The number of rotatable bonds is 11. The van der Waals surface area contributed by atoms with E-state index in [1.54, 1.807) is 18.2 Å². The number of carbonyl (C=O) groups excluding carboxylic acids is 1. The van der Waals surface area contributed by atoms with E-state index in [1.165, 1.54) is 58.9 Å². The van der Waals surface area contributed by atoms with Crippen LogP contribution in [0.4, 0.5) is 5.69 Å². The van der Waals surface area contributed by atoms with Crippen LogP contribution in [0.25, 0.3) is 0 Å². The van der Waals surface area contributed by atoms with Gasteiger partial charge in [-0.1, -0.05) is 41.4 Å². The Morgan fingerprint density at radius 1 is 0.925 bits per heavy atom. The lowest BCUT2D eigenvalue weighted by atomic mass is 10.3. The van der Waals surface area contributed by atoms with Crippen LogP contribution in [0.1, 0.15) is 0 Å². The highest BCUT2D eigenvalue weighted by Crippen LogP contribution is 2.32. The first kappa shape index (κ1) is 30.1. The van der Waals surface area contributed by atoms with E-state index < -0.39 is 32.5 Å². The zero-order valence-electron chi connectivity index (χ0n) is 21.2. The minimum Gasteiger partial charge on any atom is -0.492 e. The van der Waals surface area contributed by atoms with Gasteiger partial charge >= 0.3 is 0 Å². The molecule has 1 amide bonds. The zero-order chi connectivity index (χ0) is 28.8. The second kappa shape index (κ2) is 13.2. The standard InChI is InChI=1S/C26H27Cl2N3O7S2/c27-20-6-11-25(24(28)18-20)31(40(35,36)22-4-2-1-3-5-22)19-26(32)29-12-15-38-21-7-9-23(10-8-21)39(33,34)30-13-16-37-17-14-30/h1-11,18H,12-17,19H2,(H,29,32). The fourth-order valence-electron chi connectivity index (χ4n) is 3.89. The molecule has 1 saturated heterocycles. The molecule has 10 nitrogen and oxygen atoms in total. The topological polar surface area (TPSA) is 122 Å². The summed E-state index contributed by atoms with van der Waals surface area (Å²) in [5.41, 5.74) is 0.105. The van der Waals surface area contributed by atoms with Crippen molar-refractivity contribution in [1.29, 1.82) is 0 Å². The van der Waals surface area contributed by atoms with Crippen molar-refractivity contribution in [1.82, 2.24) is 9.62 Å². The van der Waals surface area contributed by atoms with Gasteiger partial charge in [0, 0.05) is 18.1 Å². The van der Waals surface area contributed by atoms with E-state index in [9.17, 15) is 21.6 Å². The van der Waals surface area contributed by atoms with Crippen LogP contribution >= 0.6 is 23.2 Å². The Bertz CT molecular complexity index is 1530. The number of ether oxygens (including phenoxy) is 2. The van der Waals surface area contributed by atoms with Crippen LogP contribution in [-0.2, 0) is 29.6 Å². The summed E-state index contributed by atoms with van der Waals surface area (Å²) in [5.74, 6) is -0.169. The van der Waals surface area contributed by atoms with Gasteiger partial charge in [-0.15, -0.1) is 0 Å². The van der Waals surface area contributed by atoms with Gasteiger partial charge in [-0.05, 0) is 54.6 Å². The molecule has 0 saturated carbocycles. The molecule has 3 aromatic rings. The first-order valence-electron chi connectivity index (χ1n) is 12.2. The minimum atomic E-state index is -4.13. The number of halogens is 2. The summed E-state index contributed by atoms with van der Waals surface area (Å²) < 4.78 is 65.4. The van der Waals surface area contributed by atoms with Gasteiger partial charge in [-0.2, -0.15) is 4.31 Å². The predicted octanol–water partition coefficient (Wildman–Crippen LogP) is 3.40. The molecule has 1 aliphatic heterocycles. The van der Waals surface area contributed by atoms with Crippen LogP contribution in [0.3, 0.4) is 0 Å². The molecule has 214 valence electrons. The number of amides is 1. The molecule has 0 aromatic heterocycles. The molecular weight excluding hydrogens is 601 g/mol. The lowest BCUT2D eigenvalue weighted by Gasteiger charge is -2.26. The monoisotopic (exact) mass is 627 g/mol. The maximum Gasteiger partial charge on any atom is 0.264 e. The largest absolute Gasteiger partial charge is 0.492 e. The number of nitrogens with one attached hydrogen (secondary N) is 1. The molecule has 0 bridgehead atoms. The third-order valence-corrected chi connectivity index (χ3v) is 10.1. The molecule has 0 radical (unpaired) electrons. The maximum absolute atomic E-state index is 13.4. The van der Waals surface area contributed by atoms with E-state index in [0.717, 1.165) is 4.31 Å². The highest BCUT2D eigenvalue weighted by molar-refractivity contribution is 7.93. The third-order valence-electron chi connectivity index (χ3n) is 5.92. The van der Waals surface area contributed by atoms with Gasteiger partial charge in [-0.25, -0.2) is 16.8 Å². The number of hydrogen-bond acceptors (Lipinski definition) is 7. The van der Waals surface area contributed by atoms with Gasteiger partial charge in [0.25, 0.3) is 10.0 Å². The molecule has 0 aliphatic carbocycles. The van der Waals surface area contributed by atoms with Crippen LogP contribution in [-0.4, -0.2) is 73.0 Å². The molecule has 1 N–H and O–H groups in total. The Morgan fingerprint density at radius 2 is 1.60 bits per heavy atom. The normalized spacial score (nSPS) is 14.4. The van der Waals surface area contributed by atoms with Crippen molar-refractivity contribution >= 4 is 54.8 Å². The molecule has 0 spiro atoms. The lowest BCUT2D eigenvalue weighted by Crippen LogP contribution is -2.42. The summed E-state index contributed by atoms with van der Waals surface area (Å²) in [6, 6.07) is 18.0. The Kier molecular flexibility index (Phi) is 9.93. The van der Waals surface area contributed by atoms with Crippen LogP contribution in [0.5, 0.6) is 5.75 Å². The summed E-state index contributed by atoms with van der Waals surface area (Å²) in [6.07, 6.45) is 0. The number of morpholine rings is 1. The average Bonchev–Trinajstić information content (AvgIpc) is 2.95. The highest BCUT2D eigenvalue weighted by atomic mass is 35.5. The summed E-state index contributed by atoms with van der Waals surface area (Å²) >= 11 is 12.3. The van der Waals surface area contributed by atoms with Gasteiger partial charge in [0.1, 0.15) is 18.9 Å². The summed E-state index contributed by atoms with van der Waals surface area (Å²) in [6.45, 7) is 0.911. The molecule has 14 heteroatoms. The number of anilines is 1. The van der Waals surface area contributed by atoms with Crippen molar-refractivity contribution in [3.05, 3.63) is 82.8 Å². The van der Waals surface area contributed by atoms with Crippen molar-refractivity contribution in [2.75, 3.05) is 50.3 Å². The van der Waals surface area contributed by atoms with Gasteiger partial charge < -0.3 is 14.8 Å². The third kappa shape index (κ3) is 7.25. The van der Waals surface area contributed by atoms with Crippen molar-refractivity contribution < 1.29 is 31.1 Å². The molecule has 1 fully saturated rings. The smallest absolute Gasteiger partial charge is 0.264 e. The van der Waals surface area contributed by atoms with Crippen LogP contribution < -0.4 is 14.4 Å². The summed E-state index contributed by atoms with van der Waals surface area (Å²) in [7, 11) is -7.75. The second-order valence-corrected chi connectivity index (χ2v) is 13.3. The summed E-state index contributed by atoms with van der Waals surface area (Å²) in [5, 5.41) is 3.02. The Balaban J connectivity index is 1.36. The van der Waals surface area contributed by atoms with Crippen LogP contribution in [0, 0.1) is 0 Å². The molecule has 3 aromatic carbocycles. The number of nitrogens with zero attached hydrogens (tertiary/aromatic N) is 2. The van der Waals surface area contributed by atoms with Gasteiger partial charge in [0.2, 0.25) is 15.9 Å². The molecule has 40 heavy (non-hydrogen) atoms. The molecule has 0 atom stereocenters. The maximum atomic E-state index is 13.4. The molecular formula is C26H27Cl2N3O7S2. The lowest BCUT2D eigenvalue weighted by molar-refractivity contribution is -0.119. The van der Waals surface area contributed by atoms with Crippen molar-refractivity contribution in [2.45, 2.75) is 9.79 Å². The molecule has 1 aliphatic rings. The molecule has 0 unspecified atom stereocenters. The first-order valence-corrected chi connectivity index (χ1v) is 15.8.